The minimum atomic E-state index is -0.0968. The van der Waals surface area contributed by atoms with Gasteiger partial charge in [0.05, 0.1) is 12.1 Å². The number of aliphatic hydroxyl groups is 1. The fraction of sp³-hybridized carbons (Fsp3) is 0.773. The van der Waals surface area contributed by atoms with E-state index in [1.807, 2.05) is 6.20 Å². The third kappa shape index (κ3) is 2.17. The van der Waals surface area contributed by atoms with Crippen LogP contribution in [0.5, 0.6) is 0 Å². The summed E-state index contributed by atoms with van der Waals surface area (Å²) in [5, 5.41) is 14.7. The van der Waals surface area contributed by atoms with Crippen LogP contribution in [-0.2, 0) is 0 Å². The average molecular weight is 341 g/mol. The van der Waals surface area contributed by atoms with E-state index < -0.39 is 0 Å². The first kappa shape index (κ1) is 16.1. The summed E-state index contributed by atoms with van der Waals surface area (Å²) < 4.78 is 2.25. The molecule has 3 nitrogen and oxygen atoms in total. The maximum absolute atomic E-state index is 10.1. The number of aromatic nitrogens is 2. The van der Waals surface area contributed by atoms with Gasteiger partial charge in [-0.05, 0) is 86.0 Å². The lowest BCUT2D eigenvalue weighted by Crippen LogP contribution is -2.50. The van der Waals surface area contributed by atoms with Gasteiger partial charge in [0.25, 0.3) is 0 Å². The SMILES string of the molecule is C[C@]12CCC(O)CC1=CC[C@@H]1[C@H]2CC[C@]2(C)C(n3cccn3)CC[C@@H]12. The molecule has 3 heteroatoms. The van der Waals surface area contributed by atoms with E-state index in [2.05, 4.69) is 42.0 Å². The molecule has 3 saturated carbocycles. The highest BCUT2D eigenvalue weighted by Crippen LogP contribution is 2.67. The Bertz CT molecular complexity index is 680. The van der Waals surface area contributed by atoms with Crippen molar-refractivity contribution in [3.8, 4) is 0 Å². The zero-order chi connectivity index (χ0) is 17.2. The standard InChI is InChI=1S/C22H32N2O/c1-21-10-8-16(25)14-15(21)4-5-17-18-6-7-20(24-13-3-12-23-24)22(18,2)11-9-19(17)21/h3-4,12-13,16-20,25H,5-11,14H2,1-2H3/t16?,17-,18-,19+,20?,21-,22-/m0/s1. The van der Waals surface area contributed by atoms with Gasteiger partial charge in [-0.15, -0.1) is 0 Å². The maximum atomic E-state index is 10.1. The number of fused-ring (bicyclic) bond motifs is 5. The Balaban J connectivity index is 1.47. The van der Waals surface area contributed by atoms with Crippen molar-refractivity contribution in [3.05, 3.63) is 30.1 Å². The van der Waals surface area contributed by atoms with Crippen molar-refractivity contribution < 1.29 is 5.11 Å². The molecule has 1 aromatic heterocycles. The monoisotopic (exact) mass is 340 g/mol. The van der Waals surface area contributed by atoms with E-state index in [9.17, 15) is 5.11 Å². The molecule has 136 valence electrons. The highest BCUT2D eigenvalue weighted by Gasteiger charge is 2.59. The summed E-state index contributed by atoms with van der Waals surface area (Å²) >= 11 is 0. The van der Waals surface area contributed by atoms with Crippen LogP contribution in [0.15, 0.2) is 30.1 Å². The normalized spacial score (nSPS) is 49.1. The number of nitrogens with zero attached hydrogens (tertiary/aromatic N) is 2. The van der Waals surface area contributed by atoms with E-state index in [-0.39, 0.29) is 6.10 Å². The molecule has 0 spiro atoms. The van der Waals surface area contributed by atoms with Gasteiger partial charge in [0.1, 0.15) is 0 Å². The van der Waals surface area contributed by atoms with Crippen LogP contribution in [0.25, 0.3) is 0 Å². The van der Waals surface area contributed by atoms with E-state index >= 15 is 0 Å². The molecule has 3 fully saturated rings. The molecule has 0 aromatic carbocycles. The van der Waals surface area contributed by atoms with Crippen LogP contribution >= 0.6 is 0 Å². The molecule has 4 aliphatic rings. The lowest BCUT2D eigenvalue weighted by molar-refractivity contribution is -0.0487. The molecule has 1 N–H and O–H groups in total. The van der Waals surface area contributed by atoms with E-state index in [1.54, 1.807) is 5.57 Å². The molecular weight excluding hydrogens is 308 g/mol. The van der Waals surface area contributed by atoms with Gasteiger partial charge >= 0.3 is 0 Å². The highest BCUT2D eigenvalue weighted by molar-refractivity contribution is 5.25. The third-order valence-electron chi connectivity index (χ3n) is 8.87. The number of hydrogen-bond acceptors (Lipinski definition) is 2. The van der Waals surface area contributed by atoms with Gasteiger partial charge in [-0.25, -0.2) is 0 Å². The van der Waals surface area contributed by atoms with E-state index in [1.165, 1.54) is 38.5 Å². The molecule has 0 amide bonds. The summed E-state index contributed by atoms with van der Waals surface area (Å²) in [6.07, 6.45) is 16.3. The van der Waals surface area contributed by atoms with Gasteiger partial charge in [-0.1, -0.05) is 25.5 Å². The van der Waals surface area contributed by atoms with Gasteiger partial charge < -0.3 is 5.11 Å². The fourth-order valence-electron chi connectivity index (χ4n) is 7.51. The Hall–Kier alpha value is -1.09. The first-order valence-corrected chi connectivity index (χ1v) is 10.4. The predicted molar refractivity (Wildman–Crippen MR) is 99.0 cm³/mol. The van der Waals surface area contributed by atoms with Crippen LogP contribution in [0, 0.1) is 28.6 Å². The molecule has 2 unspecified atom stereocenters. The molecule has 1 aromatic rings. The summed E-state index contributed by atoms with van der Waals surface area (Å²) in [6, 6.07) is 2.66. The summed E-state index contributed by atoms with van der Waals surface area (Å²) in [4.78, 5) is 0. The molecule has 4 aliphatic carbocycles. The number of hydrogen-bond donors (Lipinski definition) is 1. The largest absolute Gasteiger partial charge is 0.393 e. The van der Waals surface area contributed by atoms with E-state index in [0.29, 0.717) is 16.9 Å². The Morgan fingerprint density at radius 2 is 2.00 bits per heavy atom. The summed E-state index contributed by atoms with van der Waals surface area (Å²) in [5.41, 5.74) is 2.34. The van der Waals surface area contributed by atoms with Crippen LogP contribution in [0.4, 0.5) is 0 Å². The van der Waals surface area contributed by atoms with Crippen LogP contribution in [0.3, 0.4) is 0 Å². The van der Waals surface area contributed by atoms with Crippen LogP contribution < -0.4 is 0 Å². The Morgan fingerprint density at radius 3 is 2.80 bits per heavy atom. The van der Waals surface area contributed by atoms with Gasteiger partial charge in [0, 0.05) is 12.4 Å². The lowest BCUT2D eigenvalue weighted by Gasteiger charge is -2.57. The minimum absolute atomic E-state index is 0.0968. The zero-order valence-electron chi connectivity index (χ0n) is 15.7. The number of rotatable bonds is 1. The van der Waals surface area contributed by atoms with Crippen LogP contribution in [0.1, 0.15) is 71.3 Å². The molecule has 0 aliphatic heterocycles. The maximum Gasteiger partial charge on any atom is 0.0577 e. The molecular formula is C22H32N2O. The van der Waals surface area contributed by atoms with Crippen molar-refractivity contribution in [1.82, 2.24) is 9.78 Å². The third-order valence-corrected chi connectivity index (χ3v) is 8.87. The van der Waals surface area contributed by atoms with E-state index in [0.717, 1.165) is 30.6 Å². The van der Waals surface area contributed by atoms with Crippen molar-refractivity contribution in [2.24, 2.45) is 28.6 Å². The second-order valence-electron chi connectivity index (χ2n) is 9.78. The van der Waals surface area contributed by atoms with Crippen LogP contribution in [-0.4, -0.2) is 21.0 Å². The molecule has 0 saturated heterocycles. The quantitative estimate of drug-likeness (QED) is 0.749. The first-order chi connectivity index (χ1) is 12.0. The van der Waals surface area contributed by atoms with Crippen molar-refractivity contribution in [3.63, 3.8) is 0 Å². The Morgan fingerprint density at radius 1 is 1.12 bits per heavy atom. The first-order valence-electron chi connectivity index (χ1n) is 10.4. The molecule has 0 radical (unpaired) electrons. The smallest absolute Gasteiger partial charge is 0.0577 e. The molecule has 1 heterocycles. The van der Waals surface area contributed by atoms with Gasteiger partial charge in [-0.2, -0.15) is 5.10 Å². The average Bonchev–Trinajstić information content (AvgIpc) is 3.22. The van der Waals surface area contributed by atoms with Crippen molar-refractivity contribution >= 4 is 0 Å². The van der Waals surface area contributed by atoms with Gasteiger partial charge in [0.15, 0.2) is 0 Å². The minimum Gasteiger partial charge on any atom is -0.393 e. The van der Waals surface area contributed by atoms with E-state index in [4.69, 9.17) is 0 Å². The highest BCUT2D eigenvalue weighted by atomic mass is 16.3. The summed E-state index contributed by atoms with van der Waals surface area (Å²) in [5.74, 6) is 2.50. The molecule has 0 bridgehead atoms. The zero-order valence-corrected chi connectivity index (χ0v) is 15.7. The molecule has 5 rings (SSSR count). The second-order valence-corrected chi connectivity index (χ2v) is 9.78. The Kier molecular flexibility index (Phi) is 3.51. The second kappa shape index (κ2) is 5.45. The van der Waals surface area contributed by atoms with Gasteiger partial charge in [0.2, 0.25) is 0 Å². The Labute approximate surface area is 151 Å². The number of allylic oxidation sites excluding steroid dienone is 1. The fourth-order valence-corrected chi connectivity index (χ4v) is 7.51. The van der Waals surface area contributed by atoms with Crippen molar-refractivity contribution in [1.29, 1.82) is 0 Å². The van der Waals surface area contributed by atoms with Gasteiger partial charge in [-0.3, -0.25) is 4.68 Å². The lowest BCUT2D eigenvalue weighted by atomic mass is 9.48. The molecule has 7 atom stereocenters. The predicted octanol–water partition coefficient (Wildman–Crippen LogP) is 4.75. The summed E-state index contributed by atoms with van der Waals surface area (Å²) in [7, 11) is 0. The number of aliphatic hydroxyl groups excluding tert-OH is 1. The molecule has 25 heavy (non-hydrogen) atoms. The topological polar surface area (TPSA) is 38.0 Å². The van der Waals surface area contributed by atoms with Crippen molar-refractivity contribution in [2.75, 3.05) is 0 Å². The van der Waals surface area contributed by atoms with Crippen molar-refractivity contribution in [2.45, 2.75) is 77.4 Å². The summed E-state index contributed by atoms with van der Waals surface area (Å²) in [6.45, 7) is 5.07. The van der Waals surface area contributed by atoms with Crippen LogP contribution in [0.2, 0.25) is 0 Å².